The number of aryl methyl sites for hydroxylation is 1. The van der Waals surface area contributed by atoms with E-state index in [0.717, 1.165) is 11.1 Å². The van der Waals surface area contributed by atoms with E-state index in [0.29, 0.717) is 23.7 Å². The number of hydrogen-bond acceptors (Lipinski definition) is 7. The number of nitrogens with one attached hydrogen (secondary N) is 2. The highest BCUT2D eigenvalue weighted by Gasteiger charge is 2.17. The predicted octanol–water partition coefficient (Wildman–Crippen LogP) is 1.91. The van der Waals surface area contributed by atoms with Gasteiger partial charge in [-0.2, -0.15) is 5.10 Å². The summed E-state index contributed by atoms with van der Waals surface area (Å²) in [5.74, 6) is 1.20. The fraction of sp³-hybridized carbons (Fsp3) is 0.158. The van der Waals surface area contributed by atoms with Crippen LogP contribution in [0.25, 0.3) is 16.7 Å². The third-order valence-electron chi connectivity index (χ3n) is 4.22. The minimum Gasteiger partial charge on any atom is -0.369 e. The summed E-state index contributed by atoms with van der Waals surface area (Å²) in [6.07, 6.45) is 4.82. The van der Waals surface area contributed by atoms with Gasteiger partial charge < -0.3 is 5.32 Å². The first-order valence-electron chi connectivity index (χ1n) is 8.95. The number of para-hydroxylation sites is 1. The van der Waals surface area contributed by atoms with Crippen molar-refractivity contribution in [1.29, 1.82) is 0 Å². The summed E-state index contributed by atoms with van der Waals surface area (Å²) >= 11 is 0. The molecule has 0 atom stereocenters. The summed E-state index contributed by atoms with van der Waals surface area (Å²) < 4.78 is 29.6. The molecule has 0 saturated heterocycles. The Morgan fingerprint density at radius 2 is 1.90 bits per heavy atom. The van der Waals surface area contributed by atoms with Crippen molar-refractivity contribution in [2.75, 3.05) is 18.4 Å². The summed E-state index contributed by atoms with van der Waals surface area (Å²) in [7, 11) is -3.69. The van der Waals surface area contributed by atoms with Gasteiger partial charge in [-0.3, -0.25) is 4.98 Å². The number of pyridine rings is 1. The maximum atomic E-state index is 12.7. The average molecular weight is 409 g/mol. The average Bonchev–Trinajstić information content (AvgIpc) is 3.17. The molecule has 0 amide bonds. The monoisotopic (exact) mass is 409 g/mol. The first kappa shape index (κ1) is 19.0. The lowest BCUT2D eigenvalue weighted by Gasteiger charge is -2.10. The summed E-state index contributed by atoms with van der Waals surface area (Å²) in [4.78, 5) is 12.7. The number of rotatable bonds is 7. The van der Waals surface area contributed by atoms with Crippen molar-refractivity contribution in [3.05, 3.63) is 66.9 Å². The molecule has 0 aliphatic rings. The number of anilines is 1. The van der Waals surface area contributed by atoms with Crippen LogP contribution in [0.4, 0.5) is 5.82 Å². The molecule has 2 N–H and O–H groups in total. The Bertz CT molecular complexity index is 1250. The molecular weight excluding hydrogens is 390 g/mol. The zero-order valence-corrected chi connectivity index (χ0v) is 16.5. The van der Waals surface area contributed by atoms with Crippen LogP contribution in [0, 0.1) is 6.92 Å². The van der Waals surface area contributed by atoms with Crippen LogP contribution in [0.3, 0.4) is 0 Å². The summed E-state index contributed by atoms with van der Waals surface area (Å²) in [6.45, 7) is 2.44. The first-order chi connectivity index (χ1) is 14.0. The topological polar surface area (TPSA) is 115 Å². The number of aromatic nitrogens is 5. The minimum atomic E-state index is -3.69. The SMILES string of the molecule is Cc1ccn(-c2cc(NCCNS(=O)(=O)c3cccc4cccnc34)ncn2)n1. The maximum absolute atomic E-state index is 12.7. The first-order valence-corrected chi connectivity index (χ1v) is 10.4. The third kappa shape index (κ3) is 4.23. The van der Waals surface area contributed by atoms with Gasteiger partial charge in [0.25, 0.3) is 0 Å². The van der Waals surface area contributed by atoms with E-state index in [1.165, 1.54) is 6.33 Å². The zero-order chi connectivity index (χ0) is 20.3. The molecule has 1 aromatic carbocycles. The van der Waals surface area contributed by atoms with Gasteiger partial charge in [-0.1, -0.05) is 18.2 Å². The maximum Gasteiger partial charge on any atom is 0.242 e. The van der Waals surface area contributed by atoms with Crippen LogP contribution in [0.5, 0.6) is 0 Å². The summed E-state index contributed by atoms with van der Waals surface area (Å²) in [6, 6.07) is 12.3. The Morgan fingerprint density at radius 1 is 1.03 bits per heavy atom. The molecule has 0 saturated carbocycles. The molecule has 3 aromatic heterocycles. The van der Waals surface area contributed by atoms with Crippen molar-refractivity contribution in [2.24, 2.45) is 0 Å². The van der Waals surface area contributed by atoms with Crippen LogP contribution in [0.15, 0.2) is 66.1 Å². The van der Waals surface area contributed by atoms with E-state index in [4.69, 9.17) is 0 Å². The molecule has 10 heteroatoms. The molecule has 4 aromatic rings. The molecule has 4 rings (SSSR count). The predicted molar refractivity (Wildman–Crippen MR) is 109 cm³/mol. The van der Waals surface area contributed by atoms with E-state index < -0.39 is 10.0 Å². The van der Waals surface area contributed by atoms with Crippen molar-refractivity contribution >= 4 is 26.7 Å². The quantitative estimate of drug-likeness (QED) is 0.448. The van der Waals surface area contributed by atoms with Crippen molar-refractivity contribution in [3.8, 4) is 5.82 Å². The molecule has 29 heavy (non-hydrogen) atoms. The van der Waals surface area contributed by atoms with Crippen molar-refractivity contribution in [1.82, 2.24) is 29.5 Å². The number of nitrogens with zero attached hydrogens (tertiary/aromatic N) is 5. The molecule has 0 bridgehead atoms. The normalized spacial score (nSPS) is 11.6. The molecule has 0 fully saturated rings. The van der Waals surface area contributed by atoms with Crippen molar-refractivity contribution in [2.45, 2.75) is 11.8 Å². The van der Waals surface area contributed by atoms with E-state index in [1.807, 2.05) is 31.3 Å². The highest BCUT2D eigenvalue weighted by atomic mass is 32.2. The van der Waals surface area contributed by atoms with E-state index in [9.17, 15) is 8.42 Å². The van der Waals surface area contributed by atoms with Crippen LogP contribution in [0.1, 0.15) is 5.69 Å². The van der Waals surface area contributed by atoms with Crippen molar-refractivity contribution in [3.63, 3.8) is 0 Å². The van der Waals surface area contributed by atoms with E-state index >= 15 is 0 Å². The molecule has 3 heterocycles. The van der Waals surface area contributed by atoms with Gasteiger partial charge in [0.05, 0.1) is 11.2 Å². The molecule has 148 valence electrons. The highest BCUT2D eigenvalue weighted by molar-refractivity contribution is 7.89. The molecule has 0 aliphatic heterocycles. The standard InChI is InChI=1S/C19H19N7O2S/c1-14-7-11-26(25-14)18-12-17(22-13-23-18)20-9-10-24-29(27,28)16-6-2-4-15-5-3-8-21-19(15)16/h2-8,11-13,24H,9-10H2,1H3,(H,20,22,23). The van der Waals surface area contributed by atoms with Crippen LogP contribution >= 0.6 is 0 Å². The second kappa shape index (κ2) is 7.94. The Hall–Kier alpha value is -3.37. The summed E-state index contributed by atoms with van der Waals surface area (Å²) in [5.41, 5.74) is 1.33. The highest BCUT2D eigenvalue weighted by Crippen LogP contribution is 2.20. The lowest BCUT2D eigenvalue weighted by molar-refractivity contribution is 0.583. The number of fused-ring (bicyclic) bond motifs is 1. The Labute approximate surface area is 167 Å². The molecule has 0 aliphatic carbocycles. The Morgan fingerprint density at radius 3 is 2.72 bits per heavy atom. The Balaban J connectivity index is 1.40. The van der Waals surface area contributed by atoms with Crippen LogP contribution in [-0.4, -0.2) is 46.2 Å². The van der Waals surface area contributed by atoms with E-state index in [-0.39, 0.29) is 11.4 Å². The van der Waals surface area contributed by atoms with Gasteiger partial charge in [0, 0.05) is 36.9 Å². The van der Waals surface area contributed by atoms with E-state index in [1.54, 1.807) is 35.1 Å². The largest absolute Gasteiger partial charge is 0.369 e. The number of sulfonamides is 1. The van der Waals surface area contributed by atoms with E-state index in [2.05, 4.69) is 30.1 Å². The lowest BCUT2D eigenvalue weighted by Crippen LogP contribution is -2.29. The van der Waals surface area contributed by atoms with Gasteiger partial charge in [-0.05, 0) is 25.1 Å². The fourth-order valence-corrected chi connectivity index (χ4v) is 4.07. The van der Waals surface area contributed by atoms with Gasteiger partial charge in [0.1, 0.15) is 17.0 Å². The van der Waals surface area contributed by atoms with Gasteiger partial charge in [0.15, 0.2) is 5.82 Å². The van der Waals surface area contributed by atoms with Gasteiger partial charge in [0.2, 0.25) is 10.0 Å². The molecular formula is C19H19N7O2S. The number of hydrogen-bond donors (Lipinski definition) is 2. The molecule has 0 spiro atoms. The van der Waals surface area contributed by atoms with Crippen LogP contribution < -0.4 is 10.0 Å². The van der Waals surface area contributed by atoms with Gasteiger partial charge >= 0.3 is 0 Å². The van der Waals surface area contributed by atoms with Crippen molar-refractivity contribution < 1.29 is 8.42 Å². The Kier molecular flexibility index (Phi) is 5.19. The zero-order valence-electron chi connectivity index (χ0n) is 15.6. The second-order valence-electron chi connectivity index (χ2n) is 6.32. The van der Waals surface area contributed by atoms with Crippen LogP contribution in [-0.2, 0) is 10.0 Å². The second-order valence-corrected chi connectivity index (χ2v) is 8.05. The number of benzene rings is 1. The molecule has 9 nitrogen and oxygen atoms in total. The van der Waals surface area contributed by atoms with Crippen LogP contribution in [0.2, 0.25) is 0 Å². The molecule has 0 unspecified atom stereocenters. The smallest absolute Gasteiger partial charge is 0.242 e. The molecule has 0 radical (unpaired) electrons. The summed E-state index contributed by atoms with van der Waals surface area (Å²) in [5, 5.41) is 8.17. The minimum absolute atomic E-state index is 0.161. The fourth-order valence-electron chi connectivity index (χ4n) is 2.86. The van der Waals surface area contributed by atoms with Gasteiger partial charge in [-0.25, -0.2) is 27.8 Å². The third-order valence-corrected chi connectivity index (χ3v) is 5.71. The van der Waals surface area contributed by atoms with Gasteiger partial charge in [-0.15, -0.1) is 0 Å². The lowest BCUT2D eigenvalue weighted by atomic mass is 10.2.